The molecule has 0 spiro atoms. The Balaban J connectivity index is 1.58. The molecule has 0 heterocycles. The molecule has 0 N–H and O–H groups in total. The number of nitrogens with zero attached hydrogens (tertiary/aromatic N) is 1. The molecule has 0 unspecified atom stereocenters. The van der Waals surface area contributed by atoms with Gasteiger partial charge in [0.1, 0.15) is 5.75 Å². The van der Waals surface area contributed by atoms with Gasteiger partial charge in [-0.05, 0) is 47.7 Å². The summed E-state index contributed by atoms with van der Waals surface area (Å²) in [4.78, 5) is 16.7. The van der Waals surface area contributed by atoms with Gasteiger partial charge in [-0.3, -0.25) is 4.99 Å². The molecule has 0 radical (unpaired) electrons. The van der Waals surface area contributed by atoms with Crippen LogP contribution in [0, 0.1) is 5.92 Å². The van der Waals surface area contributed by atoms with Gasteiger partial charge in [-0.1, -0.05) is 127 Å². The molecule has 1 atom stereocenters. The summed E-state index contributed by atoms with van der Waals surface area (Å²) < 4.78 is 11.5. The molecule has 41 heavy (non-hydrogen) atoms. The van der Waals surface area contributed by atoms with Gasteiger partial charge in [0.15, 0.2) is 0 Å². The first-order valence-electron chi connectivity index (χ1n) is 15.4. The summed E-state index contributed by atoms with van der Waals surface area (Å²) >= 11 is 0. The van der Waals surface area contributed by atoms with Gasteiger partial charge in [-0.25, -0.2) is 4.79 Å². The van der Waals surface area contributed by atoms with Crippen molar-refractivity contribution in [3.63, 3.8) is 0 Å². The van der Waals surface area contributed by atoms with E-state index in [-0.39, 0.29) is 5.97 Å². The van der Waals surface area contributed by atoms with E-state index in [4.69, 9.17) is 14.5 Å². The fourth-order valence-corrected chi connectivity index (χ4v) is 4.46. The second-order valence-corrected chi connectivity index (χ2v) is 10.7. The van der Waals surface area contributed by atoms with Gasteiger partial charge < -0.3 is 9.47 Å². The van der Waals surface area contributed by atoms with Crippen molar-refractivity contribution in [2.75, 3.05) is 13.2 Å². The van der Waals surface area contributed by atoms with Gasteiger partial charge in [0.25, 0.3) is 0 Å². The lowest BCUT2D eigenvalue weighted by molar-refractivity contribution is -0.138. The minimum Gasteiger partial charge on any atom is -0.493 e. The third-order valence-corrected chi connectivity index (χ3v) is 7.26. The number of carbonyl (C=O) groups is 1. The van der Waals surface area contributed by atoms with E-state index in [1.165, 1.54) is 51.0 Å². The minimum atomic E-state index is -0.314. The van der Waals surface area contributed by atoms with Crippen LogP contribution in [0.4, 0.5) is 5.69 Å². The maximum absolute atomic E-state index is 11.9. The second kappa shape index (κ2) is 18.6. The summed E-state index contributed by atoms with van der Waals surface area (Å²) in [6.07, 6.45) is 16.4. The van der Waals surface area contributed by atoms with Crippen LogP contribution in [0.3, 0.4) is 0 Å². The zero-order valence-electron chi connectivity index (χ0n) is 25.2. The van der Waals surface area contributed by atoms with Crippen LogP contribution in [0.25, 0.3) is 17.2 Å². The molecular formula is C37H47NO3. The number of para-hydroxylation sites is 1. The Hall–Kier alpha value is -3.66. The van der Waals surface area contributed by atoms with E-state index in [0.717, 1.165) is 53.1 Å². The molecular weight excluding hydrogens is 506 g/mol. The van der Waals surface area contributed by atoms with Crippen LogP contribution >= 0.6 is 0 Å². The Bertz CT molecular complexity index is 1230. The smallest absolute Gasteiger partial charge is 0.330 e. The summed E-state index contributed by atoms with van der Waals surface area (Å²) in [7, 11) is 0. The number of benzene rings is 3. The maximum atomic E-state index is 11.9. The summed E-state index contributed by atoms with van der Waals surface area (Å²) in [5.74, 6) is 0.969. The van der Waals surface area contributed by atoms with Gasteiger partial charge >= 0.3 is 5.97 Å². The fourth-order valence-electron chi connectivity index (χ4n) is 4.46. The molecule has 0 bridgehead atoms. The molecule has 3 aromatic rings. The number of carbonyl (C=O) groups excluding carboxylic acids is 1. The quantitative estimate of drug-likeness (QED) is 0.0681. The topological polar surface area (TPSA) is 47.9 Å². The Labute approximate surface area is 247 Å². The highest BCUT2D eigenvalue weighted by atomic mass is 16.5. The highest BCUT2D eigenvalue weighted by Crippen LogP contribution is 2.32. The van der Waals surface area contributed by atoms with Crippen molar-refractivity contribution in [3.8, 4) is 16.9 Å². The average molecular weight is 554 g/mol. The largest absolute Gasteiger partial charge is 0.493 e. The number of hydrogen-bond acceptors (Lipinski definition) is 4. The highest BCUT2D eigenvalue weighted by molar-refractivity contribution is 5.93. The van der Waals surface area contributed by atoms with Crippen molar-refractivity contribution in [2.45, 2.75) is 78.6 Å². The van der Waals surface area contributed by atoms with E-state index in [9.17, 15) is 4.79 Å². The van der Waals surface area contributed by atoms with Crippen LogP contribution in [0.2, 0.25) is 0 Å². The van der Waals surface area contributed by atoms with E-state index in [0.29, 0.717) is 12.5 Å². The number of unbranched alkanes of at least 4 members (excludes halogenated alkanes) is 7. The minimum absolute atomic E-state index is 0.314. The lowest BCUT2D eigenvalue weighted by Gasteiger charge is -2.13. The van der Waals surface area contributed by atoms with Crippen molar-refractivity contribution in [3.05, 3.63) is 90.0 Å². The second-order valence-electron chi connectivity index (χ2n) is 10.7. The molecule has 3 rings (SSSR count). The maximum Gasteiger partial charge on any atom is 0.330 e. The van der Waals surface area contributed by atoms with E-state index >= 15 is 0 Å². The molecule has 3 aromatic carbocycles. The van der Waals surface area contributed by atoms with Crippen LogP contribution in [0.5, 0.6) is 5.75 Å². The first-order valence-corrected chi connectivity index (χ1v) is 15.4. The lowest BCUT2D eigenvalue weighted by atomic mass is 9.99. The van der Waals surface area contributed by atoms with E-state index in [1.54, 1.807) is 6.08 Å². The lowest BCUT2D eigenvalue weighted by Crippen LogP contribution is -2.08. The van der Waals surface area contributed by atoms with Crippen molar-refractivity contribution >= 4 is 23.9 Å². The normalized spacial score (nSPS) is 12.2. The van der Waals surface area contributed by atoms with Crippen molar-refractivity contribution in [1.29, 1.82) is 0 Å². The third kappa shape index (κ3) is 11.8. The SMILES string of the molecule is CCCCCCCCCCOc1ccccc1-c1ccccc1C=Nc1ccc(/C=C/C(=O)OC[C@@H](C)CC)cc1. The van der Waals surface area contributed by atoms with Crippen molar-refractivity contribution in [2.24, 2.45) is 10.9 Å². The summed E-state index contributed by atoms with van der Waals surface area (Å²) in [6.45, 7) is 7.60. The molecule has 0 aliphatic rings. The van der Waals surface area contributed by atoms with Gasteiger partial charge in [0.2, 0.25) is 0 Å². The Morgan fingerprint density at radius 2 is 1.46 bits per heavy atom. The van der Waals surface area contributed by atoms with Crippen LogP contribution in [-0.2, 0) is 9.53 Å². The molecule has 0 saturated heterocycles. The van der Waals surface area contributed by atoms with Gasteiger partial charge in [-0.15, -0.1) is 0 Å². The summed E-state index contributed by atoms with van der Waals surface area (Å²) in [5, 5.41) is 0. The molecule has 0 aliphatic heterocycles. The predicted molar refractivity (Wildman–Crippen MR) is 173 cm³/mol. The monoisotopic (exact) mass is 553 g/mol. The number of esters is 1. The van der Waals surface area contributed by atoms with Crippen molar-refractivity contribution < 1.29 is 14.3 Å². The summed E-state index contributed by atoms with van der Waals surface area (Å²) in [5.41, 5.74) is 4.97. The van der Waals surface area contributed by atoms with Crippen LogP contribution in [-0.4, -0.2) is 25.4 Å². The van der Waals surface area contributed by atoms with E-state index < -0.39 is 0 Å². The molecule has 0 fully saturated rings. The number of aliphatic imine (C=N–C) groups is 1. The van der Waals surface area contributed by atoms with E-state index in [1.807, 2.05) is 42.6 Å². The number of hydrogen-bond donors (Lipinski definition) is 0. The van der Waals surface area contributed by atoms with Gasteiger partial charge in [0, 0.05) is 23.4 Å². The molecule has 0 amide bonds. The van der Waals surface area contributed by atoms with Gasteiger partial charge in [-0.2, -0.15) is 0 Å². The fraction of sp³-hybridized carbons (Fsp3) is 0.405. The van der Waals surface area contributed by atoms with E-state index in [2.05, 4.69) is 57.2 Å². The van der Waals surface area contributed by atoms with Crippen molar-refractivity contribution in [1.82, 2.24) is 0 Å². The standard InChI is InChI=1S/C37H47NO3/c1-4-6-7-8-9-10-11-16-27-40-36-20-15-14-19-35(36)34-18-13-12-17-32(34)28-38-33-24-21-31(22-25-33)23-26-37(39)41-29-30(3)5-2/h12-15,17-26,28,30H,4-11,16,27,29H2,1-3H3/b26-23+,38-28?/t30-/m0/s1. The number of ether oxygens (including phenoxy) is 2. The van der Waals surface area contributed by atoms with Crippen LogP contribution in [0.15, 0.2) is 83.9 Å². The molecule has 4 nitrogen and oxygen atoms in total. The Kier molecular flexibility index (Phi) is 14.5. The molecule has 0 aliphatic carbocycles. The number of rotatable bonds is 18. The molecule has 0 aromatic heterocycles. The Morgan fingerprint density at radius 1 is 0.805 bits per heavy atom. The third-order valence-electron chi connectivity index (χ3n) is 7.26. The molecule has 4 heteroatoms. The van der Waals surface area contributed by atoms with Crippen LogP contribution < -0.4 is 4.74 Å². The Morgan fingerprint density at radius 3 is 2.20 bits per heavy atom. The zero-order chi connectivity index (χ0) is 29.1. The molecule has 218 valence electrons. The molecule has 0 saturated carbocycles. The average Bonchev–Trinajstić information content (AvgIpc) is 3.01. The highest BCUT2D eigenvalue weighted by Gasteiger charge is 2.09. The first kappa shape index (κ1) is 31.9. The first-order chi connectivity index (χ1) is 20.1. The predicted octanol–water partition coefficient (Wildman–Crippen LogP) is 10.2. The van der Waals surface area contributed by atoms with Crippen LogP contribution in [0.1, 0.15) is 89.7 Å². The summed E-state index contributed by atoms with van der Waals surface area (Å²) in [6, 6.07) is 24.3. The van der Waals surface area contributed by atoms with Gasteiger partial charge in [0.05, 0.1) is 18.9 Å². The zero-order valence-corrected chi connectivity index (χ0v) is 25.2.